The number of nitrogens with zero attached hydrogens (tertiary/aromatic N) is 1. The number of hydrogen-bond acceptors (Lipinski definition) is 4. The Morgan fingerprint density at radius 3 is 2.24 bits per heavy atom. The summed E-state index contributed by atoms with van der Waals surface area (Å²) in [4.78, 5) is 14.5. The number of carbonyl (C=O) groups is 1. The molecule has 1 unspecified atom stereocenters. The largest absolute Gasteiger partial charge is 0.468 e. The second-order valence-electron chi connectivity index (χ2n) is 6.71. The van der Waals surface area contributed by atoms with Crippen LogP contribution in [0.4, 0.5) is 0 Å². The van der Waals surface area contributed by atoms with Gasteiger partial charge in [-0.2, -0.15) is 0 Å². The first-order valence-electron chi connectivity index (χ1n) is 8.37. The topological polar surface area (TPSA) is 41.6 Å². The molecule has 0 heterocycles. The summed E-state index contributed by atoms with van der Waals surface area (Å²) < 4.78 is 4.96. The van der Waals surface area contributed by atoms with Crippen LogP contribution < -0.4 is 5.32 Å². The van der Waals surface area contributed by atoms with Crippen LogP contribution in [0.5, 0.6) is 0 Å². The first-order valence-corrected chi connectivity index (χ1v) is 8.37. The molecule has 0 radical (unpaired) electrons. The fourth-order valence-corrected chi connectivity index (χ4v) is 2.80. The first-order chi connectivity index (χ1) is 9.76. The molecule has 0 aromatic rings. The Bertz CT molecular complexity index is 293. The Hall–Kier alpha value is -0.610. The van der Waals surface area contributed by atoms with Gasteiger partial charge in [0.1, 0.15) is 5.54 Å². The third-order valence-electron chi connectivity index (χ3n) is 3.86. The van der Waals surface area contributed by atoms with Gasteiger partial charge in [-0.1, -0.05) is 6.92 Å². The first kappa shape index (κ1) is 20.4. The molecule has 126 valence electrons. The Morgan fingerprint density at radius 2 is 1.81 bits per heavy atom. The molecule has 1 N–H and O–H groups in total. The van der Waals surface area contributed by atoms with Crippen LogP contribution in [0.3, 0.4) is 0 Å². The minimum Gasteiger partial charge on any atom is -0.468 e. The summed E-state index contributed by atoms with van der Waals surface area (Å²) in [6, 6.07) is 0.854. The molecule has 0 saturated carbocycles. The van der Waals surface area contributed by atoms with E-state index in [0.29, 0.717) is 6.04 Å². The van der Waals surface area contributed by atoms with Crippen LogP contribution >= 0.6 is 0 Å². The lowest BCUT2D eigenvalue weighted by atomic mass is 9.93. The van der Waals surface area contributed by atoms with Crippen molar-refractivity contribution >= 4 is 5.97 Å². The second-order valence-corrected chi connectivity index (χ2v) is 6.71. The standard InChI is InChI=1S/C17H36N2O2/c1-8-12-19(15(4)5)13-10-9-11-17(6,16(20)21-7)18-14(2)3/h14-15,18H,8-13H2,1-7H3. The molecule has 0 aromatic heterocycles. The molecule has 0 bridgehead atoms. The summed E-state index contributed by atoms with van der Waals surface area (Å²) in [5, 5.41) is 3.35. The molecule has 4 heteroatoms. The lowest BCUT2D eigenvalue weighted by Gasteiger charge is -2.31. The van der Waals surface area contributed by atoms with Gasteiger partial charge in [-0.05, 0) is 73.4 Å². The number of nitrogens with one attached hydrogen (secondary N) is 1. The maximum absolute atomic E-state index is 12.0. The number of methoxy groups -OCH3 is 1. The molecule has 0 aliphatic carbocycles. The van der Waals surface area contributed by atoms with Gasteiger partial charge in [-0.3, -0.25) is 10.1 Å². The molecule has 0 fully saturated rings. The smallest absolute Gasteiger partial charge is 0.325 e. The van der Waals surface area contributed by atoms with E-state index in [1.54, 1.807) is 0 Å². The minimum absolute atomic E-state index is 0.162. The monoisotopic (exact) mass is 300 g/mol. The molecule has 0 spiro atoms. The highest BCUT2D eigenvalue weighted by Crippen LogP contribution is 2.17. The quantitative estimate of drug-likeness (QED) is 0.470. The van der Waals surface area contributed by atoms with Gasteiger partial charge in [0.15, 0.2) is 0 Å². The summed E-state index contributed by atoms with van der Waals surface area (Å²) in [5.74, 6) is -0.162. The third kappa shape index (κ3) is 7.82. The minimum atomic E-state index is -0.573. The van der Waals surface area contributed by atoms with E-state index < -0.39 is 5.54 Å². The number of carbonyl (C=O) groups excluding carboxylic acids is 1. The SMILES string of the molecule is CCCN(CCCCC(C)(NC(C)C)C(=O)OC)C(C)C. The van der Waals surface area contributed by atoms with Crippen molar-refractivity contribution in [2.75, 3.05) is 20.2 Å². The highest BCUT2D eigenvalue weighted by Gasteiger charge is 2.34. The summed E-state index contributed by atoms with van der Waals surface area (Å²) in [6.45, 7) is 15.0. The fraction of sp³-hybridized carbons (Fsp3) is 0.941. The van der Waals surface area contributed by atoms with Gasteiger partial charge in [-0.15, -0.1) is 0 Å². The molecule has 0 amide bonds. The highest BCUT2D eigenvalue weighted by molar-refractivity contribution is 5.80. The van der Waals surface area contributed by atoms with Crippen molar-refractivity contribution in [3.05, 3.63) is 0 Å². The van der Waals surface area contributed by atoms with Crippen molar-refractivity contribution in [1.29, 1.82) is 0 Å². The van der Waals surface area contributed by atoms with Gasteiger partial charge in [0.25, 0.3) is 0 Å². The van der Waals surface area contributed by atoms with Crippen molar-refractivity contribution in [1.82, 2.24) is 10.2 Å². The van der Waals surface area contributed by atoms with Gasteiger partial charge in [-0.25, -0.2) is 0 Å². The lowest BCUT2D eigenvalue weighted by molar-refractivity contribution is -0.148. The van der Waals surface area contributed by atoms with Gasteiger partial charge in [0.2, 0.25) is 0 Å². The van der Waals surface area contributed by atoms with Crippen LogP contribution in [-0.4, -0.2) is 48.7 Å². The maximum Gasteiger partial charge on any atom is 0.325 e. The molecule has 0 aliphatic rings. The molecular formula is C17H36N2O2. The van der Waals surface area contributed by atoms with Gasteiger partial charge < -0.3 is 9.64 Å². The summed E-state index contributed by atoms with van der Waals surface area (Å²) >= 11 is 0. The average molecular weight is 300 g/mol. The van der Waals surface area contributed by atoms with Crippen LogP contribution in [0.15, 0.2) is 0 Å². The lowest BCUT2D eigenvalue weighted by Crippen LogP contribution is -2.53. The summed E-state index contributed by atoms with van der Waals surface area (Å²) in [7, 11) is 1.46. The van der Waals surface area contributed by atoms with Crippen LogP contribution in [0, 0.1) is 0 Å². The Morgan fingerprint density at radius 1 is 1.19 bits per heavy atom. The predicted octanol–water partition coefficient (Wildman–Crippen LogP) is 3.21. The van der Waals surface area contributed by atoms with E-state index in [1.165, 1.54) is 13.5 Å². The molecule has 21 heavy (non-hydrogen) atoms. The highest BCUT2D eigenvalue weighted by atomic mass is 16.5. The normalized spacial score (nSPS) is 14.8. The van der Waals surface area contributed by atoms with Crippen LogP contribution in [-0.2, 0) is 9.53 Å². The average Bonchev–Trinajstić information content (AvgIpc) is 2.40. The van der Waals surface area contributed by atoms with E-state index >= 15 is 0 Å². The van der Waals surface area contributed by atoms with E-state index in [1.807, 2.05) is 6.92 Å². The molecular weight excluding hydrogens is 264 g/mol. The van der Waals surface area contributed by atoms with Gasteiger partial charge >= 0.3 is 5.97 Å². The third-order valence-corrected chi connectivity index (χ3v) is 3.86. The van der Waals surface area contributed by atoms with E-state index in [-0.39, 0.29) is 12.0 Å². The second kappa shape index (κ2) is 10.2. The number of hydrogen-bond donors (Lipinski definition) is 1. The van der Waals surface area contributed by atoms with Crippen molar-refractivity contribution in [3.8, 4) is 0 Å². The molecule has 0 rings (SSSR count). The van der Waals surface area contributed by atoms with E-state index in [4.69, 9.17) is 4.74 Å². The molecule has 4 nitrogen and oxygen atoms in total. The van der Waals surface area contributed by atoms with Gasteiger partial charge in [0.05, 0.1) is 7.11 Å². The van der Waals surface area contributed by atoms with E-state index in [9.17, 15) is 4.79 Å². The zero-order valence-electron chi connectivity index (χ0n) is 15.2. The Labute approximate surface area is 131 Å². The van der Waals surface area contributed by atoms with Crippen molar-refractivity contribution in [3.63, 3.8) is 0 Å². The zero-order valence-corrected chi connectivity index (χ0v) is 15.2. The molecule has 1 atom stereocenters. The van der Waals surface area contributed by atoms with Crippen LogP contribution in [0.2, 0.25) is 0 Å². The number of unbranched alkanes of at least 4 members (excludes halogenated alkanes) is 1. The molecule has 0 aromatic carbocycles. The molecule has 0 aliphatic heterocycles. The number of esters is 1. The van der Waals surface area contributed by atoms with Crippen LogP contribution in [0.1, 0.15) is 67.2 Å². The van der Waals surface area contributed by atoms with E-state index in [0.717, 1.165) is 32.4 Å². The van der Waals surface area contributed by atoms with Crippen molar-refractivity contribution in [2.45, 2.75) is 84.8 Å². The number of ether oxygens (including phenoxy) is 1. The number of rotatable bonds is 11. The summed E-state index contributed by atoms with van der Waals surface area (Å²) in [6.07, 6.45) is 4.14. The Balaban J connectivity index is 4.34. The van der Waals surface area contributed by atoms with Crippen LogP contribution in [0.25, 0.3) is 0 Å². The van der Waals surface area contributed by atoms with E-state index in [2.05, 4.69) is 44.8 Å². The van der Waals surface area contributed by atoms with Crippen molar-refractivity contribution < 1.29 is 9.53 Å². The predicted molar refractivity (Wildman–Crippen MR) is 89.5 cm³/mol. The maximum atomic E-state index is 12.0. The molecule has 0 saturated heterocycles. The van der Waals surface area contributed by atoms with Gasteiger partial charge in [0, 0.05) is 12.1 Å². The zero-order chi connectivity index (χ0) is 16.5. The summed E-state index contributed by atoms with van der Waals surface area (Å²) in [5.41, 5.74) is -0.573. The van der Waals surface area contributed by atoms with Crippen molar-refractivity contribution in [2.24, 2.45) is 0 Å². The fourth-order valence-electron chi connectivity index (χ4n) is 2.80. The Kier molecular flexibility index (Phi) is 9.88.